The summed E-state index contributed by atoms with van der Waals surface area (Å²) < 4.78 is 0. The molecule has 1 aliphatic carbocycles. The Morgan fingerprint density at radius 2 is 1.93 bits per heavy atom. The Labute approximate surface area is 92.9 Å². The average Bonchev–Trinajstić information content (AvgIpc) is 2.29. The van der Waals surface area contributed by atoms with Gasteiger partial charge in [0.1, 0.15) is 5.78 Å². The van der Waals surface area contributed by atoms with Gasteiger partial charge in [0, 0.05) is 12.3 Å². The number of hydrogen-bond acceptors (Lipinski definition) is 2. The van der Waals surface area contributed by atoms with E-state index in [1.165, 1.54) is 0 Å². The minimum absolute atomic E-state index is 0.288. The van der Waals surface area contributed by atoms with Crippen molar-refractivity contribution in [3.05, 3.63) is 12.2 Å². The topological polar surface area (TPSA) is 43.1 Å². The first kappa shape index (κ1) is 12.4. The fourth-order valence-corrected chi connectivity index (χ4v) is 2.24. The molecule has 86 valence electrons. The predicted octanol–water partition coefficient (Wildman–Crippen LogP) is 2.68. The standard InChI is InChI=1S/C13H23NO/c1-3-10(2)8-13(15)12-6-4-11(9-14)5-7-12/h11-12H,2-9,14H2,1H3. The van der Waals surface area contributed by atoms with Crippen molar-refractivity contribution in [1.29, 1.82) is 0 Å². The molecule has 2 heteroatoms. The lowest BCUT2D eigenvalue weighted by Crippen LogP contribution is -2.25. The minimum Gasteiger partial charge on any atom is -0.330 e. The fourth-order valence-electron chi connectivity index (χ4n) is 2.24. The highest BCUT2D eigenvalue weighted by Gasteiger charge is 2.25. The van der Waals surface area contributed by atoms with Crippen LogP contribution in [0.2, 0.25) is 0 Å². The molecule has 0 aromatic heterocycles. The van der Waals surface area contributed by atoms with Gasteiger partial charge in [-0.1, -0.05) is 19.1 Å². The second-order valence-corrected chi connectivity index (χ2v) is 4.70. The van der Waals surface area contributed by atoms with Crippen molar-refractivity contribution in [2.75, 3.05) is 6.54 Å². The third-order valence-corrected chi connectivity index (χ3v) is 3.56. The maximum absolute atomic E-state index is 11.9. The molecule has 2 N–H and O–H groups in total. The molecular weight excluding hydrogens is 186 g/mol. The summed E-state index contributed by atoms with van der Waals surface area (Å²) in [5.74, 6) is 1.34. The monoisotopic (exact) mass is 209 g/mol. The second-order valence-electron chi connectivity index (χ2n) is 4.70. The number of rotatable bonds is 5. The highest BCUT2D eigenvalue weighted by Crippen LogP contribution is 2.30. The Morgan fingerprint density at radius 1 is 1.33 bits per heavy atom. The zero-order chi connectivity index (χ0) is 11.3. The van der Waals surface area contributed by atoms with Crippen molar-refractivity contribution in [1.82, 2.24) is 0 Å². The zero-order valence-electron chi connectivity index (χ0n) is 9.80. The number of hydrogen-bond donors (Lipinski definition) is 1. The van der Waals surface area contributed by atoms with Gasteiger partial charge in [-0.05, 0) is 44.6 Å². The average molecular weight is 209 g/mol. The van der Waals surface area contributed by atoms with Gasteiger partial charge in [-0.2, -0.15) is 0 Å². The molecule has 0 aliphatic heterocycles. The molecule has 0 heterocycles. The number of carbonyl (C=O) groups excluding carboxylic acids is 1. The SMILES string of the molecule is C=C(CC)CC(=O)C1CCC(CN)CC1. The first-order valence-electron chi connectivity index (χ1n) is 6.06. The van der Waals surface area contributed by atoms with Gasteiger partial charge in [0.05, 0.1) is 0 Å². The summed E-state index contributed by atoms with van der Waals surface area (Å²) >= 11 is 0. The van der Waals surface area contributed by atoms with Crippen LogP contribution in [0.5, 0.6) is 0 Å². The van der Waals surface area contributed by atoms with E-state index in [0.717, 1.165) is 44.2 Å². The minimum atomic E-state index is 0.288. The molecule has 0 unspecified atom stereocenters. The van der Waals surface area contributed by atoms with E-state index in [4.69, 9.17) is 5.73 Å². The summed E-state index contributed by atoms with van der Waals surface area (Å²) in [6.45, 7) is 6.74. The van der Waals surface area contributed by atoms with Crippen molar-refractivity contribution in [3.63, 3.8) is 0 Å². The largest absolute Gasteiger partial charge is 0.330 e. The molecule has 1 fully saturated rings. The molecule has 0 aromatic rings. The molecule has 2 nitrogen and oxygen atoms in total. The summed E-state index contributed by atoms with van der Waals surface area (Å²) in [7, 11) is 0. The van der Waals surface area contributed by atoms with E-state index in [0.29, 0.717) is 18.1 Å². The Morgan fingerprint density at radius 3 is 2.40 bits per heavy atom. The molecule has 1 rings (SSSR count). The smallest absolute Gasteiger partial charge is 0.139 e. The third kappa shape index (κ3) is 3.78. The van der Waals surface area contributed by atoms with Crippen LogP contribution in [0.4, 0.5) is 0 Å². The van der Waals surface area contributed by atoms with Crippen molar-refractivity contribution in [2.24, 2.45) is 17.6 Å². The number of allylic oxidation sites excluding steroid dienone is 1. The number of Topliss-reactive ketones (excluding diaryl/α,β-unsaturated/α-hetero) is 1. The van der Waals surface area contributed by atoms with Gasteiger partial charge in [0.2, 0.25) is 0 Å². The van der Waals surface area contributed by atoms with Crippen molar-refractivity contribution >= 4 is 5.78 Å². The maximum atomic E-state index is 11.9. The van der Waals surface area contributed by atoms with Crippen LogP contribution in [0.1, 0.15) is 45.4 Å². The second kappa shape index (κ2) is 6.06. The Kier molecular flexibility index (Phi) is 5.03. The molecule has 0 amide bonds. The first-order chi connectivity index (χ1) is 7.17. The Bertz CT molecular complexity index is 227. The predicted molar refractivity (Wildman–Crippen MR) is 63.6 cm³/mol. The normalized spacial score (nSPS) is 26.3. The summed E-state index contributed by atoms with van der Waals surface area (Å²) in [5.41, 5.74) is 6.70. The fraction of sp³-hybridized carbons (Fsp3) is 0.769. The van der Waals surface area contributed by atoms with Crippen molar-refractivity contribution in [3.8, 4) is 0 Å². The molecule has 0 bridgehead atoms. The van der Waals surface area contributed by atoms with Crippen LogP contribution in [0, 0.1) is 11.8 Å². The lowest BCUT2D eigenvalue weighted by molar-refractivity contribution is -0.123. The van der Waals surface area contributed by atoms with E-state index < -0.39 is 0 Å². The van der Waals surface area contributed by atoms with Crippen LogP contribution in [0.15, 0.2) is 12.2 Å². The molecule has 0 atom stereocenters. The van der Waals surface area contributed by atoms with Gasteiger partial charge in [-0.25, -0.2) is 0 Å². The summed E-state index contributed by atoms with van der Waals surface area (Å²) in [4.78, 5) is 11.9. The van der Waals surface area contributed by atoms with Crippen molar-refractivity contribution < 1.29 is 4.79 Å². The van der Waals surface area contributed by atoms with Crippen LogP contribution in [0.25, 0.3) is 0 Å². The number of ketones is 1. The molecule has 15 heavy (non-hydrogen) atoms. The van der Waals surface area contributed by atoms with Crippen LogP contribution < -0.4 is 5.73 Å². The number of nitrogens with two attached hydrogens (primary N) is 1. The summed E-state index contributed by atoms with van der Waals surface area (Å²) in [5, 5.41) is 0. The van der Waals surface area contributed by atoms with Gasteiger partial charge in [-0.3, -0.25) is 4.79 Å². The Balaban J connectivity index is 2.33. The first-order valence-corrected chi connectivity index (χ1v) is 6.06. The van der Waals surface area contributed by atoms with Crippen LogP contribution >= 0.6 is 0 Å². The van der Waals surface area contributed by atoms with Crippen molar-refractivity contribution in [2.45, 2.75) is 45.4 Å². The lowest BCUT2D eigenvalue weighted by Gasteiger charge is -2.26. The summed E-state index contributed by atoms with van der Waals surface area (Å²) in [6.07, 6.45) is 5.85. The van der Waals surface area contributed by atoms with Gasteiger partial charge in [-0.15, -0.1) is 0 Å². The van der Waals surface area contributed by atoms with Gasteiger partial charge >= 0.3 is 0 Å². The van der Waals surface area contributed by atoms with Gasteiger partial charge in [0.15, 0.2) is 0 Å². The highest BCUT2D eigenvalue weighted by molar-refractivity contribution is 5.83. The molecule has 0 radical (unpaired) electrons. The van der Waals surface area contributed by atoms with E-state index in [1.54, 1.807) is 0 Å². The van der Waals surface area contributed by atoms with E-state index in [1.807, 2.05) is 0 Å². The zero-order valence-corrected chi connectivity index (χ0v) is 9.80. The molecule has 0 spiro atoms. The highest BCUT2D eigenvalue weighted by atomic mass is 16.1. The molecule has 0 aromatic carbocycles. The molecular formula is C13H23NO. The maximum Gasteiger partial charge on any atom is 0.139 e. The van der Waals surface area contributed by atoms with E-state index in [9.17, 15) is 4.79 Å². The van der Waals surface area contributed by atoms with Gasteiger partial charge < -0.3 is 5.73 Å². The van der Waals surface area contributed by atoms with E-state index in [-0.39, 0.29) is 5.92 Å². The van der Waals surface area contributed by atoms with Crippen LogP contribution in [-0.2, 0) is 4.79 Å². The Hall–Kier alpha value is -0.630. The molecule has 0 saturated heterocycles. The van der Waals surface area contributed by atoms with Crippen LogP contribution in [-0.4, -0.2) is 12.3 Å². The van der Waals surface area contributed by atoms with Crippen LogP contribution in [0.3, 0.4) is 0 Å². The lowest BCUT2D eigenvalue weighted by atomic mass is 9.79. The van der Waals surface area contributed by atoms with E-state index in [2.05, 4.69) is 13.5 Å². The summed E-state index contributed by atoms with van der Waals surface area (Å²) in [6, 6.07) is 0. The molecule has 1 aliphatic rings. The quantitative estimate of drug-likeness (QED) is 0.707. The third-order valence-electron chi connectivity index (χ3n) is 3.56. The molecule has 1 saturated carbocycles. The van der Waals surface area contributed by atoms with Gasteiger partial charge in [0.25, 0.3) is 0 Å². The number of carbonyl (C=O) groups is 1. The van der Waals surface area contributed by atoms with E-state index >= 15 is 0 Å².